The zero-order valence-corrected chi connectivity index (χ0v) is 13.6. The summed E-state index contributed by atoms with van der Waals surface area (Å²) in [7, 11) is 0. The van der Waals surface area contributed by atoms with Gasteiger partial charge >= 0.3 is 0 Å². The average Bonchev–Trinajstić information content (AvgIpc) is 2.88. The molecule has 0 radical (unpaired) electrons. The number of nitrogens with zero attached hydrogens (tertiary/aromatic N) is 4. The number of nitrogens with one attached hydrogen (secondary N) is 1. The Kier molecular flexibility index (Phi) is 4.73. The van der Waals surface area contributed by atoms with Gasteiger partial charge in [0.05, 0.1) is 0 Å². The number of aryl methyl sites for hydroxylation is 2. The van der Waals surface area contributed by atoms with Crippen LogP contribution in [0.5, 0.6) is 0 Å². The topological polar surface area (TPSA) is 55.6 Å². The van der Waals surface area contributed by atoms with Gasteiger partial charge in [-0.1, -0.05) is 19.9 Å². The molecule has 0 aliphatic heterocycles. The quantitative estimate of drug-likeness (QED) is 0.918. The Morgan fingerprint density at radius 1 is 1.19 bits per heavy atom. The highest BCUT2D eigenvalue weighted by Gasteiger charge is 2.15. The van der Waals surface area contributed by atoms with Gasteiger partial charge in [-0.05, 0) is 26.8 Å². The van der Waals surface area contributed by atoms with Crippen LogP contribution in [0.25, 0.3) is 5.82 Å². The van der Waals surface area contributed by atoms with Crippen LogP contribution >= 0.6 is 0 Å². The van der Waals surface area contributed by atoms with Crippen LogP contribution in [0.3, 0.4) is 0 Å². The Bertz CT molecular complexity index is 595. The predicted molar refractivity (Wildman–Crippen MR) is 84.5 cm³/mol. The van der Waals surface area contributed by atoms with E-state index in [0.717, 1.165) is 42.4 Å². The Morgan fingerprint density at radius 2 is 1.95 bits per heavy atom. The molecule has 0 aromatic carbocycles. The summed E-state index contributed by atoms with van der Waals surface area (Å²) >= 11 is 0. The summed E-state index contributed by atoms with van der Waals surface area (Å²) in [5.41, 5.74) is 1.20. The van der Waals surface area contributed by atoms with Gasteiger partial charge < -0.3 is 5.32 Å². The lowest BCUT2D eigenvalue weighted by Crippen LogP contribution is -2.35. The van der Waals surface area contributed by atoms with Crippen LogP contribution in [0.4, 0.5) is 0 Å². The van der Waals surface area contributed by atoms with Crippen molar-refractivity contribution in [1.29, 1.82) is 0 Å². The number of hydrogen-bond acceptors (Lipinski definition) is 4. The molecule has 114 valence electrons. The molecule has 0 bridgehead atoms. The van der Waals surface area contributed by atoms with Crippen LogP contribution in [0.2, 0.25) is 0 Å². The molecule has 2 aromatic heterocycles. The maximum atomic E-state index is 4.59. The summed E-state index contributed by atoms with van der Waals surface area (Å²) in [6.45, 7) is 11.4. The van der Waals surface area contributed by atoms with Gasteiger partial charge in [-0.3, -0.25) is 0 Å². The predicted octanol–water partition coefficient (Wildman–Crippen LogP) is 2.68. The summed E-state index contributed by atoms with van der Waals surface area (Å²) in [6.07, 6.45) is 3.49. The maximum absolute atomic E-state index is 4.59. The number of hydrogen-bond donors (Lipinski definition) is 1. The molecule has 0 aliphatic carbocycles. The lowest BCUT2D eigenvalue weighted by Gasteiger charge is -2.21. The first-order valence-electron chi connectivity index (χ1n) is 7.58. The Hall–Kier alpha value is -1.75. The molecule has 2 heterocycles. The summed E-state index contributed by atoms with van der Waals surface area (Å²) in [6, 6.07) is 4.06. The Balaban J connectivity index is 2.37. The number of rotatable bonds is 5. The molecule has 21 heavy (non-hydrogen) atoms. The summed E-state index contributed by atoms with van der Waals surface area (Å²) < 4.78 is 1.89. The molecular weight excluding hydrogens is 262 g/mol. The largest absolute Gasteiger partial charge is 0.308 e. The van der Waals surface area contributed by atoms with Crippen LogP contribution in [0, 0.1) is 0 Å². The van der Waals surface area contributed by atoms with E-state index in [4.69, 9.17) is 0 Å². The van der Waals surface area contributed by atoms with Gasteiger partial charge in [0.15, 0.2) is 11.6 Å². The Morgan fingerprint density at radius 3 is 2.57 bits per heavy atom. The van der Waals surface area contributed by atoms with Crippen molar-refractivity contribution in [2.45, 2.75) is 59.5 Å². The third kappa shape index (κ3) is 3.88. The van der Waals surface area contributed by atoms with Crippen molar-refractivity contribution in [1.82, 2.24) is 25.1 Å². The van der Waals surface area contributed by atoms with Crippen molar-refractivity contribution in [2.24, 2.45) is 0 Å². The van der Waals surface area contributed by atoms with Crippen molar-refractivity contribution < 1.29 is 0 Å². The monoisotopic (exact) mass is 287 g/mol. The summed E-state index contributed by atoms with van der Waals surface area (Å²) in [4.78, 5) is 9.09. The highest BCUT2D eigenvalue weighted by Crippen LogP contribution is 2.15. The normalized spacial score (nSPS) is 11.9. The minimum absolute atomic E-state index is 0.0671. The molecule has 1 N–H and O–H groups in total. The van der Waals surface area contributed by atoms with Crippen LogP contribution in [0.1, 0.15) is 51.8 Å². The van der Waals surface area contributed by atoms with E-state index in [0.29, 0.717) is 0 Å². The smallest absolute Gasteiger partial charge is 0.159 e. The lowest BCUT2D eigenvalue weighted by molar-refractivity contribution is 0.423. The Labute approximate surface area is 126 Å². The van der Waals surface area contributed by atoms with E-state index >= 15 is 0 Å². The van der Waals surface area contributed by atoms with Gasteiger partial charge in [0, 0.05) is 36.7 Å². The standard InChI is InChI=1S/C16H25N5/c1-6-13-19-14(7-2)21(20-13)15-12(9-8-10-17-15)11-18-16(3,4)5/h8-10,18H,6-7,11H2,1-5H3. The third-order valence-corrected chi connectivity index (χ3v) is 3.23. The van der Waals surface area contributed by atoms with Crippen molar-refractivity contribution in [3.05, 3.63) is 35.5 Å². The molecule has 0 aliphatic rings. The molecule has 5 nitrogen and oxygen atoms in total. The van der Waals surface area contributed by atoms with E-state index in [1.54, 1.807) is 0 Å². The molecule has 0 unspecified atom stereocenters. The molecule has 2 rings (SSSR count). The molecule has 2 aromatic rings. The first-order valence-corrected chi connectivity index (χ1v) is 7.58. The van der Waals surface area contributed by atoms with Gasteiger partial charge in [-0.2, -0.15) is 4.68 Å². The van der Waals surface area contributed by atoms with Crippen molar-refractivity contribution in [3.63, 3.8) is 0 Å². The van der Waals surface area contributed by atoms with Gasteiger partial charge in [-0.25, -0.2) is 9.97 Å². The fourth-order valence-electron chi connectivity index (χ4n) is 2.06. The zero-order valence-electron chi connectivity index (χ0n) is 13.6. The van der Waals surface area contributed by atoms with E-state index in [1.807, 2.05) is 16.9 Å². The molecule has 5 heteroatoms. The lowest BCUT2D eigenvalue weighted by atomic mass is 10.1. The minimum Gasteiger partial charge on any atom is -0.308 e. The minimum atomic E-state index is 0.0671. The third-order valence-electron chi connectivity index (χ3n) is 3.23. The van der Waals surface area contributed by atoms with E-state index in [-0.39, 0.29) is 5.54 Å². The summed E-state index contributed by atoms with van der Waals surface area (Å²) in [5.74, 6) is 2.70. The van der Waals surface area contributed by atoms with Crippen molar-refractivity contribution in [2.75, 3.05) is 0 Å². The van der Waals surface area contributed by atoms with Crippen LogP contribution < -0.4 is 5.32 Å². The fourth-order valence-corrected chi connectivity index (χ4v) is 2.06. The highest BCUT2D eigenvalue weighted by molar-refractivity contribution is 5.33. The SMILES string of the molecule is CCc1nc(CC)n(-c2ncccc2CNC(C)(C)C)n1. The summed E-state index contributed by atoms with van der Waals surface area (Å²) in [5, 5.41) is 8.10. The van der Waals surface area contributed by atoms with Gasteiger partial charge in [0.1, 0.15) is 5.82 Å². The molecule has 0 fully saturated rings. The van der Waals surface area contributed by atoms with E-state index < -0.39 is 0 Å². The van der Waals surface area contributed by atoms with E-state index in [2.05, 4.69) is 61.1 Å². The second-order valence-corrected chi connectivity index (χ2v) is 6.15. The fraction of sp³-hybridized carbons (Fsp3) is 0.562. The molecule has 0 atom stereocenters. The van der Waals surface area contributed by atoms with Crippen molar-refractivity contribution in [3.8, 4) is 5.82 Å². The molecule has 0 amide bonds. The van der Waals surface area contributed by atoms with Crippen LogP contribution in [-0.2, 0) is 19.4 Å². The molecule has 0 saturated carbocycles. The molecular formula is C16H25N5. The van der Waals surface area contributed by atoms with Crippen LogP contribution in [-0.4, -0.2) is 25.3 Å². The second kappa shape index (κ2) is 6.35. The highest BCUT2D eigenvalue weighted by atomic mass is 15.4. The first kappa shape index (κ1) is 15.6. The average molecular weight is 287 g/mol. The first-order chi connectivity index (χ1) is 9.94. The van der Waals surface area contributed by atoms with E-state index in [1.165, 1.54) is 0 Å². The van der Waals surface area contributed by atoms with Gasteiger partial charge in [0.2, 0.25) is 0 Å². The maximum Gasteiger partial charge on any atom is 0.159 e. The second-order valence-electron chi connectivity index (χ2n) is 6.15. The molecule has 0 spiro atoms. The van der Waals surface area contributed by atoms with E-state index in [9.17, 15) is 0 Å². The molecule has 0 saturated heterocycles. The van der Waals surface area contributed by atoms with Gasteiger partial charge in [0.25, 0.3) is 0 Å². The van der Waals surface area contributed by atoms with Gasteiger partial charge in [-0.15, -0.1) is 5.10 Å². The van der Waals surface area contributed by atoms with Crippen molar-refractivity contribution >= 4 is 0 Å². The zero-order chi connectivity index (χ0) is 15.5. The number of aromatic nitrogens is 4. The van der Waals surface area contributed by atoms with Crippen LogP contribution in [0.15, 0.2) is 18.3 Å². The number of pyridine rings is 1.